The highest BCUT2D eigenvalue weighted by molar-refractivity contribution is 7.92. The third kappa shape index (κ3) is 5.12. The first kappa shape index (κ1) is 23.5. The molecular weight excluding hydrogens is 450 g/mol. The second-order valence-corrected chi connectivity index (χ2v) is 10.2. The van der Waals surface area contributed by atoms with Gasteiger partial charge < -0.3 is 10.2 Å². The van der Waals surface area contributed by atoms with Crippen LogP contribution in [0.15, 0.2) is 83.8 Å². The maximum absolute atomic E-state index is 13.0. The number of para-hydroxylation sites is 1. The van der Waals surface area contributed by atoms with Crippen LogP contribution in [-0.4, -0.2) is 45.3 Å². The van der Waals surface area contributed by atoms with Gasteiger partial charge in [-0.3, -0.25) is 13.9 Å². The van der Waals surface area contributed by atoms with Crippen LogP contribution in [0.3, 0.4) is 0 Å². The van der Waals surface area contributed by atoms with E-state index in [2.05, 4.69) is 5.32 Å². The molecule has 1 fully saturated rings. The Bertz CT molecular complexity index is 1270. The van der Waals surface area contributed by atoms with Crippen LogP contribution in [0.1, 0.15) is 39.1 Å². The molecule has 0 unspecified atom stereocenters. The van der Waals surface area contributed by atoms with Crippen LogP contribution in [0, 0.1) is 0 Å². The molecule has 1 saturated heterocycles. The molecule has 1 N–H and O–H groups in total. The number of nitrogens with zero attached hydrogens (tertiary/aromatic N) is 2. The maximum Gasteiger partial charge on any atom is 0.264 e. The van der Waals surface area contributed by atoms with E-state index in [0.717, 1.165) is 31.5 Å². The molecule has 8 heteroatoms. The van der Waals surface area contributed by atoms with Crippen LogP contribution >= 0.6 is 0 Å². The Morgan fingerprint density at radius 3 is 2.24 bits per heavy atom. The van der Waals surface area contributed by atoms with Gasteiger partial charge in [0.05, 0.1) is 10.6 Å². The van der Waals surface area contributed by atoms with Crippen LogP contribution in [0.25, 0.3) is 0 Å². The topological polar surface area (TPSA) is 86.8 Å². The Labute approximate surface area is 200 Å². The van der Waals surface area contributed by atoms with Crippen molar-refractivity contribution < 1.29 is 18.0 Å². The summed E-state index contributed by atoms with van der Waals surface area (Å²) in [6.45, 7) is 1.86. The Kier molecular flexibility index (Phi) is 6.98. The summed E-state index contributed by atoms with van der Waals surface area (Å²) in [5.41, 5.74) is 2.27. The van der Waals surface area contributed by atoms with Crippen LogP contribution in [-0.2, 0) is 16.6 Å². The Morgan fingerprint density at radius 2 is 1.56 bits per heavy atom. The van der Waals surface area contributed by atoms with Crippen molar-refractivity contribution in [3.63, 3.8) is 0 Å². The van der Waals surface area contributed by atoms with Crippen LogP contribution < -0.4 is 9.62 Å². The van der Waals surface area contributed by atoms with Crippen molar-refractivity contribution in [2.75, 3.05) is 24.4 Å². The number of sulfonamides is 1. The summed E-state index contributed by atoms with van der Waals surface area (Å²) in [7, 11) is -2.34. The molecule has 0 aliphatic carbocycles. The molecule has 2 amide bonds. The van der Waals surface area contributed by atoms with Crippen molar-refractivity contribution >= 4 is 27.5 Å². The first-order valence-corrected chi connectivity index (χ1v) is 12.6. The minimum atomic E-state index is -3.82. The predicted octanol–water partition coefficient (Wildman–Crippen LogP) is 3.68. The quantitative estimate of drug-likeness (QED) is 0.563. The van der Waals surface area contributed by atoms with Gasteiger partial charge in [-0.1, -0.05) is 36.4 Å². The molecule has 3 aromatic rings. The van der Waals surface area contributed by atoms with E-state index in [1.165, 1.54) is 23.5 Å². The fraction of sp³-hybridized carbons (Fsp3) is 0.231. The van der Waals surface area contributed by atoms with Gasteiger partial charge in [0.25, 0.3) is 21.8 Å². The number of carbonyl (C=O) groups excluding carboxylic acids is 2. The minimum absolute atomic E-state index is 0.0339. The summed E-state index contributed by atoms with van der Waals surface area (Å²) in [5.74, 6) is -0.344. The summed E-state index contributed by atoms with van der Waals surface area (Å²) in [6.07, 6.45) is 2.09. The van der Waals surface area contributed by atoms with Gasteiger partial charge in [-0.15, -0.1) is 0 Å². The van der Waals surface area contributed by atoms with Crippen molar-refractivity contribution in [3.05, 3.63) is 95.6 Å². The second-order valence-electron chi connectivity index (χ2n) is 8.21. The summed E-state index contributed by atoms with van der Waals surface area (Å²) >= 11 is 0. The van der Waals surface area contributed by atoms with Crippen LogP contribution in [0.2, 0.25) is 0 Å². The second kappa shape index (κ2) is 10.1. The van der Waals surface area contributed by atoms with Gasteiger partial charge in [-0.25, -0.2) is 8.42 Å². The Balaban J connectivity index is 1.41. The minimum Gasteiger partial charge on any atom is -0.348 e. The first-order chi connectivity index (χ1) is 16.4. The van der Waals surface area contributed by atoms with E-state index in [1.807, 2.05) is 23.1 Å². The van der Waals surface area contributed by atoms with Crippen molar-refractivity contribution in [3.8, 4) is 0 Å². The number of hydrogen-bond acceptors (Lipinski definition) is 4. The molecule has 0 bridgehead atoms. The van der Waals surface area contributed by atoms with E-state index in [4.69, 9.17) is 0 Å². The zero-order chi connectivity index (χ0) is 24.1. The number of rotatable bonds is 7. The fourth-order valence-corrected chi connectivity index (χ4v) is 5.13. The van der Waals surface area contributed by atoms with Gasteiger partial charge >= 0.3 is 0 Å². The lowest BCUT2D eigenvalue weighted by Gasteiger charge is -2.19. The zero-order valence-corrected chi connectivity index (χ0v) is 19.8. The average molecular weight is 478 g/mol. The van der Waals surface area contributed by atoms with Gasteiger partial charge in [0.1, 0.15) is 0 Å². The first-order valence-electron chi connectivity index (χ1n) is 11.2. The summed E-state index contributed by atoms with van der Waals surface area (Å²) < 4.78 is 27.3. The van der Waals surface area contributed by atoms with E-state index < -0.39 is 10.0 Å². The summed E-state index contributed by atoms with van der Waals surface area (Å²) in [6, 6.07) is 21.9. The Hall–Kier alpha value is -3.65. The number of hydrogen-bond donors (Lipinski definition) is 1. The summed E-state index contributed by atoms with van der Waals surface area (Å²) in [5, 5.41) is 2.82. The molecule has 4 rings (SSSR count). The smallest absolute Gasteiger partial charge is 0.264 e. The monoisotopic (exact) mass is 477 g/mol. The van der Waals surface area contributed by atoms with E-state index in [-0.39, 0.29) is 28.8 Å². The van der Waals surface area contributed by atoms with E-state index in [0.29, 0.717) is 11.3 Å². The van der Waals surface area contributed by atoms with Gasteiger partial charge in [0, 0.05) is 37.8 Å². The highest BCUT2D eigenvalue weighted by atomic mass is 32.2. The molecule has 3 aromatic carbocycles. The molecular formula is C26H27N3O4S. The third-order valence-corrected chi connectivity index (χ3v) is 7.70. The lowest BCUT2D eigenvalue weighted by Crippen LogP contribution is -2.28. The standard InChI is InChI=1S/C26H27N3O4S/c1-28(23-9-3-2-4-10-23)34(32,33)24-11-7-8-22(18-24)25(30)27-19-20-12-14-21(15-13-20)26(31)29-16-5-6-17-29/h2-4,7-15,18H,5-6,16-17,19H2,1H3,(H,27,30). The maximum atomic E-state index is 13.0. The normalized spacial score (nSPS) is 13.5. The Morgan fingerprint density at radius 1 is 0.882 bits per heavy atom. The SMILES string of the molecule is CN(c1ccccc1)S(=O)(=O)c1cccc(C(=O)NCc2ccc(C(=O)N3CCCC3)cc2)c1. The lowest BCUT2D eigenvalue weighted by molar-refractivity contribution is 0.0792. The number of nitrogens with one attached hydrogen (secondary N) is 1. The molecule has 0 spiro atoms. The molecule has 0 aromatic heterocycles. The van der Waals surface area contributed by atoms with Crippen molar-refractivity contribution in [2.24, 2.45) is 0 Å². The van der Waals surface area contributed by atoms with Gasteiger partial charge in [0.15, 0.2) is 0 Å². The van der Waals surface area contributed by atoms with E-state index >= 15 is 0 Å². The number of likely N-dealkylation sites (tertiary alicyclic amines) is 1. The van der Waals surface area contributed by atoms with Gasteiger partial charge in [0.2, 0.25) is 0 Å². The highest BCUT2D eigenvalue weighted by Crippen LogP contribution is 2.22. The summed E-state index contributed by atoms with van der Waals surface area (Å²) in [4.78, 5) is 27.1. The molecule has 1 heterocycles. The van der Waals surface area contributed by atoms with Crippen molar-refractivity contribution in [1.29, 1.82) is 0 Å². The molecule has 0 atom stereocenters. The lowest BCUT2D eigenvalue weighted by atomic mass is 10.1. The van der Waals surface area contributed by atoms with Gasteiger partial charge in [-0.2, -0.15) is 0 Å². The molecule has 0 radical (unpaired) electrons. The average Bonchev–Trinajstić information content (AvgIpc) is 3.42. The predicted molar refractivity (Wildman–Crippen MR) is 131 cm³/mol. The van der Waals surface area contributed by atoms with Crippen LogP contribution in [0.5, 0.6) is 0 Å². The number of carbonyl (C=O) groups is 2. The van der Waals surface area contributed by atoms with E-state index in [1.54, 1.807) is 48.5 Å². The molecule has 7 nitrogen and oxygen atoms in total. The number of anilines is 1. The number of benzene rings is 3. The largest absolute Gasteiger partial charge is 0.348 e. The molecule has 176 valence electrons. The van der Waals surface area contributed by atoms with Crippen molar-refractivity contribution in [2.45, 2.75) is 24.3 Å². The third-order valence-electron chi connectivity index (χ3n) is 5.92. The van der Waals surface area contributed by atoms with Gasteiger partial charge in [-0.05, 0) is 60.9 Å². The zero-order valence-electron chi connectivity index (χ0n) is 19.0. The van der Waals surface area contributed by atoms with E-state index in [9.17, 15) is 18.0 Å². The molecule has 1 aliphatic rings. The van der Waals surface area contributed by atoms with Crippen molar-refractivity contribution in [1.82, 2.24) is 10.2 Å². The molecule has 34 heavy (non-hydrogen) atoms. The molecule has 1 aliphatic heterocycles. The molecule has 0 saturated carbocycles. The fourth-order valence-electron chi connectivity index (χ4n) is 3.88. The number of amides is 2. The highest BCUT2D eigenvalue weighted by Gasteiger charge is 2.22. The van der Waals surface area contributed by atoms with Crippen LogP contribution in [0.4, 0.5) is 5.69 Å².